The Morgan fingerprint density at radius 1 is 1.09 bits per heavy atom. The zero-order chi connectivity index (χ0) is 21.9. The minimum atomic E-state index is 0.0826. The number of rotatable bonds is 5. The molecule has 0 spiro atoms. The lowest BCUT2D eigenvalue weighted by atomic mass is 9.94. The summed E-state index contributed by atoms with van der Waals surface area (Å²) in [6.45, 7) is 4.57. The molecule has 3 aromatic rings. The van der Waals surface area contributed by atoms with Gasteiger partial charge in [-0.3, -0.25) is 9.78 Å². The Kier molecular flexibility index (Phi) is 6.28. The van der Waals surface area contributed by atoms with Gasteiger partial charge in [0.2, 0.25) is 5.91 Å². The highest BCUT2D eigenvalue weighted by Crippen LogP contribution is 2.31. The van der Waals surface area contributed by atoms with E-state index in [0.29, 0.717) is 10.9 Å². The molecule has 2 N–H and O–H groups in total. The second kappa shape index (κ2) is 9.46. The second-order valence-corrected chi connectivity index (χ2v) is 9.24. The maximum atomic E-state index is 12.7. The molecule has 0 radical (unpaired) electrons. The lowest BCUT2D eigenvalue weighted by Crippen LogP contribution is -2.43. The maximum absolute atomic E-state index is 12.7. The Hall–Kier alpha value is -2.64. The van der Waals surface area contributed by atoms with Crippen molar-refractivity contribution < 1.29 is 4.79 Å². The number of benzene rings is 1. The van der Waals surface area contributed by atoms with E-state index in [1.54, 1.807) is 6.20 Å². The number of nitrogens with zero attached hydrogens (tertiary/aromatic N) is 4. The fraction of sp³-hybridized carbons (Fsp3) is 0.458. The molecule has 0 saturated carbocycles. The number of carbonyl (C=O) groups excluding carboxylic acids is 1. The molecule has 1 aromatic carbocycles. The van der Waals surface area contributed by atoms with E-state index in [9.17, 15) is 4.79 Å². The van der Waals surface area contributed by atoms with Crippen molar-refractivity contribution in [1.82, 2.24) is 25.4 Å². The van der Waals surface area contributed by atoms with Gasteiger partial charge >= 0.3 is 0 Å². The van der Waals surface area contributed by atoms with Gasteiger partial charge in [-0.15, -0.1) is 5.10 Å². The molecule has 8 heteroatoms. The van der Waals surface area contributed by atoms with E-state index >= 15 is 0 Å². The molecule has 2 fully saturated rings. The van der Waals surface area contributed by atoms with Crippen LogP contribution in [0.5, 0.6) is 0 Å². The van der Waals surface area contributed by atoms with Crippen molar-refractivity contribution in [2.45, 2.75) is 25.7 Å². The van der Waals surface area contributed by atoms with Crippen LogP contribution in [0.15, 0.2) is 42.7 Å². The summed E-state index contributed by atoms with van der Waals surface area (Å²) < 4.78 is 1.92. The van der Waals surface area contributed by atoms with E-state index in [-0.39, 0.29) is 11.8 Å². The minimum absolute atomic E-state index is 0.0826. The monoisotopic (exact) mass is 452 g/mol. The van der Waals surface area contributed by atoms with Crippen LogP contribution in [0.1, 0.15) is 25.7 Å². The van der Waals surface area contributed by atoms with Gasteiger partial charge in [0.15, 0.2) is 5.82 Å². The normalized spacial score (nSPS) is 18.2. The summed E-state index contributed by atoms with van der Waals surface area (Å²) in [5, 5.41) is 13.3. The van der Waals surface area contributed by atoms with Crippen LogP contribution in [0, 0.1) is 11.8 Å². The third-order valence-electron chi connectivity index (χ3n) is 6.72. The average molecular weight is 453 g/mol. The number of pyridine rings is 1. The van der Waals surface area contributed by atoms with E-state index in [4.69, 9.17) is 16.7 Å². The van der Waals surface area contributed by atoms with Crippen LogP contribution in [0.25, 0.3) is 16.6 Å². The molecular formula is C24H29ClN6O. The molecule has 2 saturated heterocycles. The minimum Gasteiger partial charge on any atom is -0.356 e. The topological polar surface area (TPSA) is 75.1 Å². The van der Waals surface area contributed by atoms with Gasteiger partial charge in [0.25, 0.3) is 0 Å². The Balaban J connectivity index is 1.27. The first-order valence-corrected chi connectivity index (χ1v) is 11.9. The zero-order valence-electron chi connectivity index (χ0n) is 18.1. The van der Waals surface area contributed by atoms with Crippen molar-refractivity contribution in [2.24, 2.45) is 11.8 Å². The number of piperidine rings is 2. The van der Waals surface area contributed by atoms with Crippen molar-refractivity contribution in [3.8, 4) is 5.69 Å². The Morgan fingerprint density at radius 3 is 2.59 bits per heavy atom. The highest BCUT2D eigenvalue weighted by Gasteiger charge is 2.28. The number of aromatic nitrogens is 3. The first kappa shape index (κ1) is 21.2. The summed E-state index contributed by atoms with van der Waals surface area (Å²) in [6, 6.07) is 9.68. The fourth-order valence-corrected chi connectivity index (χ4v) is 4.91. The molecule has 2 aliphatic heterocycles. The fourth-order valence-electron chi connectivity index (χ4n) is 4.79. The molecule has 0 atom stereocenters. The van der Waals surface area contributed by atoms with E-state index in [1.807, 2.05) is 41.2 Å². The molecule has 32 heavy (non-hydrogen) atoms. The number of halogens is 1. The van der Waals surface area contributed by atoms with Gasteiger partial charge in [-0.25, -0.2) is 4.68 Å². The summed E-state index contributed by atoms with van der Waals surface area (Å²) in [5.41, 5.74) is 1.91. The Labute approximate surface area is 193 Å². The largest absolute Gasteiger partial charge is 0.356 e. The van der Waals surface area contributed by atoms with Crippen LogP contribution in [0.2, 0.25) is 5.02 Å². The lowest BCUT2D eigenvalue weighted by Gasteiger charge is -2.32. The van der Waals surface area contributed by atoms with Crippen molar-refractivity contribution in [3.05, 3.63) is 47.7 Å². The van der Waals surface area contributed by atoms with Crippen molar-refractivity contribution in [2.75, 3.05) is 37.6 Å². The van der Waals surface area contributed by atoms with Crippen molar-refractivity contribution >= 4 is 34.2 Å². The Bertz CT molecular complexity index is 1070. The highest BCUT2D eigenvalue weighted by atomic mass is 35.5. The van der Waals surface area contributed by atoms with Gasteiger partial charge < -0.3 is 15.5 Å². The first-order valence-electron chi connectivity index (χ1n) is 11.5. The second-order valence-electron chi connectivity index (χ2n) is 8.80. The van der Waals surface area contributed by atoms with Gasteiger partial charge in [0, 0.05) is 42.2 Å². The smallest absolute Gasteiger partial charge is 0.223 e. The maximum Gasteiger partial charge on any atom is 0.223 e. The third kappa shape index (κ3) is 4.45. The van der Waals surface area contributed by atoms with Crippen LogP contribution >= 0.6 is 11.6 Å². The summed E-state index contributed by atoms with van der Waals surface area (Å²) in [5.74, 6) is 1.85. The molecule has 168 valence electrons. The average Bonchev–Trinajstić information content (AvgIpc) is 3.23. The molecule has 2 aliphatic rings. The van der Waals surface area contributed by atoms with E-state index in [0.717, 1.165) is 80.8 Å². The predicted octanol–water partition coefficient (Wildman–Crippen LogP) is 3.41. The number of amides is 1. The van der Waals surface area contributed by atoms with Gasteiger partial charge in [-0.05, 0) is 75.0 Å². The number of fused-ring (bicyclic) bond motifs is 1. The molecule has 5 rings (SSSR count). The zero-order valence-corrected chi connectivity index (χ0v) is 18.9. The van der Waals surface area contributed by atoms with E-state index in [1.165, 1.54) is 0 Å². The third-order valence-corrected chi connectivity index (χ3v) is 6.98. The van der Waals surface area contributed by atoms with E-state index < -0.39 is 0 Å². The van der Waals surface area contributed by atoms with Crippen LogP contribution < -0.4 is 15.5 Å². The number of hydrogen-bond acceptors (Lipinski definition) is 5. The molecule has 0 unspecified atom stereocenters. The first-order chi connectivity index (χ1) is 15.7. The van der Waals surface area contributed by atoms with E-state index in [2.05, 4.69) is 20.5 Å². The van der Waals surface area contributed by atoms with Crippen molar-refractivity contribution in [3.63, 3.8) is 0 Å². The number of anilines is 1. The van der Waals surface area contributed by atoms with Crippen LogP contribution in [-0.4, -0.2) is 53.4 Å². The molecule has 1 amide bonds. The van der Waals surface area contributed by atoms with Gasteiger partial charge in [-0.1, -0.05) is 11.6 Å². The molecule has 0 aliphatic carbocycles. The quantitative estimate of drug-likeness (QED) is 0.620. The molecule has 2 aromatic heterocycles. The van der Waals surface area contributed by atoms with Gasteiger partial charge in [-0.2, -0.15) is 0 Å². The number of carbonyl (C=O) groups is 1. The lowest BCUT2D eigenvalue weighted by molar-refractivity contribution is -0.125. The molecule has 7 nitrogen and oxygen atoms in total. The molecule has 0 bridgehead atoms. The number of nitrogens with one attached hydrogen (secondary N) is 2. The summed E-state index contributed by atoms with van der Waals surface area (Å²) in [7, 11) is 0. The van der Waals surface area contributed by atoms with Crippen molar-refractivity contribution in [1.29, 1.82) is 0 Å². The van der Waals surface area contributed by atoms with Crippen LogP contribution in [0.3, 0.4) is 0 Å². The Morgan fingerprint density at radius 2 is 1.84 bits per heavy atom. The van der Waals surface area contributed by atoms with Gasteiger partial charge in [0.05, 0.1) is 17.4 Å². The summed E-state index contributed by atoms with van der Waals surface area (Å²) in [6.07, 6.45) is 7.65. The van der Waals surface area contributed by atoms with Crippen LogP contribution in [0.4, 0.5) is 5.82 Å². The summed E-state index contributed by atoms with van der Waals surface area (Å²) in [4.78, 5) is 19.3. The highest BCUT2D eigenvalue weighted by molar-refractivity contribution is 6.30. The van der Waals surface area contributed by atoms with Crippen LogP contribution in [-0.2, 0) is 4.79 Å². The van der Waals surface area contributed by atoms with Gasteiger partial charge in [0.1, 0.15) is 0 Å². The SMILES string of the molecule is O=C(NCC1CCNCC1)C1CCN(c2nn(-c3ccc(Cl)cc3)c3cnccc23)CC1. The predicted molar refractivity (Wildman–Crippen MR) is 127 cm³/mol. The summed E-state index contributed by atoms with van der Waals surface area (Å²) >= 11 is 6.06. The molecule has 4 heterocycles. The standard InChI is InChI=1S/C24H29ClN6O/c25-19-1-3-20(4-2-19)31-22-16-27-12-7-21(22)23(29-31)30-13-8-18(9-14-30)24(32)28-15-17-5-10-26-11-6-17/h1-4,7,12,16-18,26H,5-6,8-11,13-15H2,(H,28,32). The number of hydrogen-bond donors (Lipinski definition) is 2. The molecular weight excluding hydrogens is 424 g/mol.